The molecule has 1 aliphatic heterocycles. The third-order valence-electron chi connectivity index (χ3n) is 5.77. The van der Waals surface area contributed by atoms with Crippen LogP contribution in [0.2, 0.25) is 0 Å². The summed E-state index contributed by atoms with van der Waals surface area (Å²) in [6.45, 7) is 2.40. The molecule has 36 heavy (non-hydrogen) atoms. The molecule has 1 aliphatic rings. The minimum Gasteiger partial charge on any atom is -0.335 e. The van der Waals surface area contributed by atoms with Crippen molar-refractivity contribution in [2.24, 2.45) is 0 Å². The molecule has 0 spiro atoms. The van der Waals surface area contributed by atoms with Crippen LogP contribution in [0.3, 0.4) is 0 Å². The Hall–Kier alpha value is -3.29. The molecule has 0 unspecified atom stereocenters. The smallest absolute Gasteiger partial charge is 0.335 e. The molecule has 6 nitrogen and oxygen atoms in total. The lowest BCUT2D eigenvalue weighted by Gasteiger charge is -2.34. The number of hydrogen-bond donors (Lipinski definition) is 0. The molecule has 1 aromatic carbocycles. The molecule has 0 N–H and O–H groups in total. The van der Waals surface area contributed by atoms with Gasteiger partial charge >= 0.3 is 18.3 Å². The highest BCUT2D eigenvalue weighted by Crippen LogP contribution is 2.43. The van der Waals surface area contributed by atoms with Gasteiger partial charge in [0.15, 0.2) is 11.3 Å². The lowest BCUT2D eigenvalue weighted by atomic mass is 10.1. The normalized spacial score (nSPS) is 16.1. The number of carbonyl (C=O) groups excluding carboxylic acids is 1. The van der Waals surface area contributed by atoms with Crippen molar-refractivity contribution >= 4 is 11.6 Å². The van der Waals surface area contributed by atoms with Crippen molar-refractivity contribution in [2.75, 3.05) is 26.2 Å². The summed E-state index contributed by atoms with van der Waals surface area (Å²) in [6, 6.07) is 6.51. The van der Waals surface area contributed by atoms with Crippen LogP contribution >= 0.6 is 0 Å². The van der Waals surface area contributed by atoms with Crippen molar-refractivity contribution in [1.29, 1.82) is 0 Å². The Balaban J connectivity index is 1.48. The quantitative estimate of drug-likeness (QED) is 0.469. The largest absolute Gasteiger partial charge is 0.459 e. The molecule has 0 saturated carbocycles. The highest BCUT2D eigenvalue weighted by Gasteiger charge is 2.60. The predicted molar refractivity (Wildman–Crippen MR) is 110 cm³/mol. The number of halogens is 8. The van der Waals surface area contributed by atoms with Gasteiger partial charge in [0.05, 0.1) is 5.56 Å². The van der Waals surface area contributed by atoms with Crippen LogP contribution in [0.4, 0.5) is 35.1 Å². The number of hydrogen-bond acceptors (Lipinski definition) is 4. The predicted octanol–water partition coefficient (Wildman–Crippen LogP) is 4.67. The maximum absolute atomic E-state index is 14.1. The van der Waals surface area contributed by atoms with Crippen LogP contribution in [-0.4, -0.2) is 62.7 Å². The summed E-state index contributed by atoms with van der Waals surface area (Å²) in [7, 11) is 0. The topological polar surface area (TPSA) is 53.7 Å². The van der Waals surface area contributed by atoms with Gasteiger partial charge in [-0.2, -0.15) is 40.2 Å². The second-order valence-electron chi connectivity index (χ2n) is 8.42. The number of piperazine rings is 1. The molecule has 0 bridgehead atoms. The Morgan fingerprint density at radius 2 is 1.61 bits per heavy atom. The van der Waals surface area contributed by atoms with Gasteiger partial charge in [-0.05, 0) is 24.6 Å². The van der Waals surface area contributed by atoms with Gasteiger partial charge in [0.25, 0.3) is 5.91 Å². The van der Waals surface area contributed by atoms with E-state index in [-0.39, 0.29) is 36.7 Å². The van der Waals surface area contributed by atoms with Crippen LogP contribution < -0.4 is 0 Å². The lowest BCUT2D eigenvalue weighted by molar-refractivity contribution is -0.291. The van der Waals surface area contributed by atoms with E-state index in [2.05, 4.69) is 10.1 Å². The van der Waals surface area contributed by atoms with Gasteiger partial charge < -0.3 is 4.90 Å². The second kappa shape index (κ2) is 8.98. The first-order valence-corrected chi connectivity index (χ1v) is 10.7. The fourth-order valence-electron chi connectivity index (χ4n) is 3.95. The van der Waals surface area contributed by atoms with Crippen LogP contribution in [0.1, 0.15) is 33.0 Å². The third kappa shape index (κ3) is 4.99. The van der Waals surface area contributed by atoms with Crippen LogP contribution in [-0.2, 0) is 18.6 Å². The maximum atomic E-state index is 14.1. The van der Waals surface area contributed by atoms with E-state index in [1.54, 1.807) is 6.07 Å². The van der Waals surface area contributed by atoms with E-state index in [0.29, 0.717) is 29.2 Å². The Labute approximate surface area is 199 Å². The average molecular weight is 521 g/mol. The number of benzene rings is 1. The highest BCUT2D eigenvalue weighted by molar-refractivity contribution is 5.93. The summed E-state index contributed by atoms with van der Waals surface area (Å²) < 4.78 is 106. The second-order valence-corrected chi connectivity index (χ2v) is 8.42. The molecular formula is C22H19F8N5O. The van der Waals surface area contributed by atoms with Crippen molar-refractivity contribution in [3.63, 3.8) is 0 Å². The average Bonchev–Trinajstić information content (AvgIpc) is 3.21. The van der Waals surface area contributed by atoms with Gasteiger partial charge in [0, 0.05) is 44.5 Å². The first-order chi connectivity index (χ1) is 16.7. The standard InChI is InChI=1S/C22H19F8N5O/c1-13-9-17(20(23,24)22(28,29)30)35-18(31-13)11-16(32-35)19(36)34-7-5-33(6-8-34)12-14-3-2-4-15(10-14)21(25,26)27/h2-4,9-11H,5-8,12H2,1H3. The van der Waals surface area contributed by atoms with Crippen LogP contribution in [0.5, 0.6) is 0 Å². The zero-order chi connectivity index (χ0) is 26.5. The van der Waals surface area contributed by atoms with Crippen LogP contribution in [0.15, 0.2) is 36.4 Å². The number of carbonyl (C=O) groups is 1. The van der Waals surface area contributed by atoms with E-state index >= 15 is 0 Å². The SMILES string of the molecule is Cc1cc(C(F)(F)C(F)(F)F)n2nc(C(=O)N3CCN(Cc4cccc(C(F)(F)F)c4)CC3)cc2n1. The van der Waals surface area contributed by atoms with Gasteiger partial charge in [0.1, 0.15) is 5.69 Å². The summed E-state index contributed by atoms with van der Waals surface area (Å²) in [5.74, 6) is -5.90. The molecule has 194 valence electrons. The summed E-state index contributed by atoms with van der Waals surface area (Å²) in [6.07, 6.45) is -10.3. The van der Waals surface area contributed by atoms with E-state index in [1.165, 1.54) is 17.9 Å². The van der Waals surface area contributed by atoms with Crippen molar-refractivity contribution in [1.82, 2.24) is 24.4 Å². The fourth-order valence-corrected chi connectivity index (χ4v) is 3.95. The monoisotopic (exact) mass is 521 g/mol. The van der Waals surface area contributed by atoms with Gasteiger partial charge in [-0.25, -0.2) is 9.50 Å². The van der Waals surface area contributed by atoms with Crippen molar-refractivity contribution in [3.8, 4) is 0 Å². The zero-order valence-corrected chi connectivity index (χ0v) is 18.7. The van der Waals surface area contributed by atoms with E-state index < -0.39 is 35.4 Å². The van der Waals surface area contributed by atoms with Crippen molar-refractivity contribution in [3.05, 3.63) is 64.6 Å². The third-order valence-corrected chi connectivity index (χ3v) is 5.77. The lowest BCUT2D eigenvalue weighted by Crippen LogP contribution is -2.48. The first-order valence-electron chi connectivity index (χ1n) is 10.7. The summed E-state index contributed by atoms with van der Waals surface area (Å²) >= 11 is 0. The molecule has 1 saturated heterocycles. The zero-order valence-electron chi connectivity index (χ0n) is 18.7. The van der Waals surface area contributed by atoms with Crippen LogP contribution in [0, 0.1) is 6.92 Å². The minimum absolute atomic E-state index is 0.108. The van der Waals surface area contributed by atoms with Gasteiger partial charge in [0.2, 0.25) is 0 Å². The Bertz CT molecular complexity index is 1280. The number of fused-ring (bicyclic) bond motifs is 1. The number of rotatable bonds is 4. The minimum atomic E-state index is -5.88. The van der Waals surface area contributed by atoms with Crippen LogP contribution in [0.25, 0.3) is 5.65 Å². The van der Waals surface area contributed by atoms with E-state index in [0.717, 1.165) is 18.2 Å². The molecule has 3 heterocycles. The summed E-state index contributed by atoms with van der Waals surface area (Å²) in [5, 5.41) is 3.69. The fraction of sp³-hybridized carbons (Fsp3) is 0.409. The Kier molecular flexibility index (Phi) is 6.43. The number of alkyl halides is 8. The molecule has 4 rings (SSSR count). The van der Waals surface area contributed by atoms with Gasteiger partial charge in [-0.15, -0.1) is 0 Å². The molecule has 0 radical (unpaired) electrons. The Morgan fingerprint density at radius 1 is 0.944 bits per heavy atom. The molecule has 3 aromatic rings. The molecule has 0 aliphatic carbocycles. The maximum Gasteiger partial charge on any atom is 0.459 e. The van der Waals surface area contributed by atoms with Crippen molar-refractivity contribution in [2.45, 2.75) is 31.7 Å². The number of amides is 1. The number of nitrogens with zero attached hydrogens (tertiary/aromatic N) is 5. The molecule has 1 amide bonds. The molecule has 1 fully saturated rings. The molecule has 2 aromatic heterocycles. The molecule has 14 heteroatoms. The first kappa shape index (κ1) is 25.8. The highest BCUT2D eigenvalue weighted by atomic mass is 19.4. The van der Waals surface area contributed by atoms with Gasteiger partial charge in [-0.1, -0.05) is 18.2 Å². The van der Waals surface area contributed by atoms with Crippen molar-refractivity contribution < 1.29 is 39.9 Å². The van der Waals surface area contributed by atoms with Gasteiger partial charge in [-0.3, -0.25) is 9.69 Å². The molecular weight excluding hydrogens is 502 g/mol. The van der Waals surface area contributed by atoms with E-state index in [1.807, 2.05) is 4.90 Å². The number of aromatic nitrogens is 3. The molecule has 0 atom stereocenters. The van der Waals surface area contributed by atoms with E-state index in [4.69, 9.17) is 0 Å². The summed E-state index contributed by atoms with van der Waals surface area (Å²) in [5.41, 5.74) is -2.56. The number of aryl methyl sites for hydroxylation is 1. The Morgan fingerprint density at radius 3 is 2.22 bits per heavy atom. The summed E-state index contributed by atoms with van der Waals surface area (Å²) in [4.78, 5) is 20.0. The van der Waals surface area contributed by atoms with E-state index in [9.17, 15) is 39.9 Å².